The van der Waals surface area contributed by atoms with E-state index in [0.29, 0.717) is 13.2 Å². The van der Waals surface area contributed by atoms with Gasteiger partial charge >= 0.3 is 0 Å². The number of nitrogens with two attached hydrogens (primary N) is 1. The predicted octanol–water partition coefficient (Wildman–Crippen LogP) is 2.96. The quantitative estimate of drug-likeness (QED) is 0.864. The number of ether oxygens (including phenoxy) is 1. The Morgan fingerprint density at radius 1 is 1.16 bits per heavy atom. The number of aromatic nitrogens is 1. The van der Waals surface area contributed by atoms with E-state index < -0.39 is 0 Å². The van der Waals surface area contributed by atoms with E-state index in [1.54, 1.807) is 0 Å². The molecule has 2 N–H and O–H groups in total. The lowest BCUT2D eigenvalue weighted by atomic mass is 9.92. The lowest BCUT2D eigenvalue weighted by Gasteiger charge is -2.16. The van der Waals surface area contributed by atoms with Gasteiger partial charge in [0, 0.05) is 17.8 Å². The van der Waals surface area contributed by atoms with E-state index in [1.807, 2.05) is 37.4 Å². The summed E-state index contributed by atoms with van der Waals surface area (Å²) >= 11 is 0. The molecule has 0 saturated carbocycles. The number of pyridine rings is 1. The van der Waals surface area contributed by atoms with Crippen molar-refractivity contribution >= 4 is 0 Å². The van der Waals surface area contributed by atoms with Crippen LogP contribution in [0.15, 0.2) is 48.7 Å². The van der Waals surface area contributed by atoms with Gasteiger partial charge in [0.25, 0.3) is 0 Å². The van der Waals surface area contributed by atoms with Gasteiger partial charge in [-0.25, -0.2) is 0 Å². The van der Waals surface area contributed by atoms with Crippen molar-refractivity contribution in [3.05, 3.63) is 59.9 Å². The fourth-order valence-corrected chi connectivity index (χ4v) is 2.20. The number of hydrogen-bond acceptors (Lipinski definition) is 3. The van der Waals surface area contributed by atoms with Gasteiger partial charge in [-0.1, -0.05) is 18.2 Å². The van der Waals surface area contributed by atoms with Crippen LogP contribution in [0.2, 0.25) is 0 Å². The Labute approximate surface area is 114 Å². The summed E-state index contributed by atoms with van der Waals surface area (Å²) in [4.78, 5) is 4.45. The van der Waals surface area contributed by atoms with E-state index in [-0.39, 0.29) is 5.92 Å². The van der Waals surface area contributed by atoms with E-state index in [0.717, 1.165) is 17.9 Å². The van der Waals surface area contributed by atoms with Crippen molar-refractivity contribution in [2.75, 3.05) is 13.2 Å². The van der Waals surface area contributed by atoms with Crippen LogP contribution in [0.4, 0.5) is 0 Å². The molecule has 1 atom stereocenters. The minimum atomic E-state index is 0.252. The topological polar surface area (TPSA) is 48.1 Å². The van der Waals surface area contributed by atoms with Crippen LogP contribution in [0, 0.1) is 0 Å². The first kappa shape index (κ1) is 13.6. The zero-order chi connectivity index (χ0) is 13.5. The first-order valence-corrected chi connectivity index (χ1v) is 6.69. The molecule has 100 valence electrons. The lowest BCUT2D eigenvalue weighted by Crippen LogP contribution is -2.10. The third kappa shape index (κ3) is 3.55. The Kier molecular flexibility index (Phi) is 4.93. The molecule has 0 aliphatic carbocycles. The molecule has 0 bridgehead atoms. The van der Waals surface area contributed by atoms with Gasteiger partial charge in [0.15, 0.2) is 0 Å². The number of benzene rings is 1. The maximum atomic E-state index is 5.73. The van der Waals surface area contributed by atoms with Gasteiger partial charge in [0.1, 0.15) is 5.75 Å². The number of hydrogen-bond donors (Lipinski definition) is 1. The van der Waals surface area contributed by atoms with Crippen LogP contribution >= 0.6 is 0 Å². The molecule has 0 amide bonds. The zero-order valence-corrected chi connectivity index (χ0v) is 11.3. The van der Waals surface area contributed by atoms with Gasteiger partial charge < -0.3 is 10.5 Å². The zero-order valence-electron chi connectivity index (χ0n) is 11.3. The molecule has 0 radical (unpaired) electrons. The maximum Gasteiger partial charge on any atom is 0.119 e. The number of rotatable bonds is 6. The van der Waals surface area contributed by atoms with Crippen molar-refractivity contribution in [2.45, 2.75) is 19.3 Å². The Balaban J connectivity index is 2.24. The summed E-state index contributed by atoms with van der Waals surface area (Å²) in [5.74, 6) is 1.15. The Morgan fingerprint density at radius 3 is 2.53 bits per heavy atom. The molecule has 0 aliphatic rings. The predicted molar refractivity (Wildman–Crippen MR) is 77.4 cm³/mol. The van der Waals surface area contributed by atoms with Crippen LogP contribution in [0.25, 0.3) is 0 Å². The summed E-state index contributed by atoms with van der Waals surface area (Å²) in [7, 11) is 0. The van der Waals surface area contributed by atoms with E-state index in [4.69, 9.17) is 10.5 Å². The maximum absolute atomic E-state index is 5.73. The van der Waals surface area contributed by atoms with Gasteiger partial charge in [-0.2, -0.15) is 0 Å². The molecular formula is C16H20N2O. The van der Waals surface area contributed by atoms with Crippen molar-refractivity contribution in [1.29, 1.82) is 0 Å². The van der Waals surface area contributed by atoms with Crippen LogP contribution in [-0.4, -0.2) is 18.1 Å². The second kappa shape index (κ2) is 6.90. The fraction of sp³-hybridized carbons (Fsp3) is 0.312. The SMILES string of the molecule is CCOc1ccc(C(CCN)c2ccccn2)cc1. The smallest absolute Gasteiger partial charge is 0.119 e. The van der Waals surface area contributed by atoms with Gasteiger partial charge in [-0.15, -0.1) is 0 Å². The second-order valence-electron chi connectivity index (χ2n) is 4.39. The standard InChI is InChI=1S/C16H20N2O/c1-2-19-14-8-6-13(7-9-14)15(10-11-17)16-5-3-4-12-18-16/h3-9,12,15H,2,10-11,17H2,1H3. The molecule has 1 aromatic heterocycles. The van der Waals surface area contributed by atoms with E-state index in [1.165, 1.54) is 5.56 Å². The molecule has 0 saturated heterocycles. The minimum absolute atomic E-state index is 0.252. The van der Waals surface area contributed by atoms with Crippen LogP contribution < -0.4 is 10.5 Å². The van der Waals surface area contributed by atoms with Crippen LogP contribution in [0.1, 0.15) is 30.5 Å². The summed E-state index contributed by atoms with van der Waals surface area (Å²) in [6.07, 6.45) is 2.72. The molecular weight excluding hydrogens is 236 g/mol. The average Bonchev–Trinajstić information content (AvgIpc) is 2.47. The van der Waals surface area contributed by atoms with Crippen molar-refractivity contribution in [1.82, 2.24) is 4.98 Å². The van der Waals surface area contributed by atoms with Crippen LogP contribution in [-0.2, 0) is 0 Å². The monoisotopic (exact) mass is 256 g/mol. The summed E-state index contributed by atoms with van der Waals surface area (Å²) in [6, 6.07) is 14.2. The third-order valence-electron chi connectivity index (χ3n) is 3.09. The highest BCUT2D eigenvalue weighted by atomic mass is 16.5. The van der Waals surface area contributed by atoms with Gasteiger partial charge in [-0.05, 0) is 49.7 Å². The van der Waals surface area contributed by atoms with E-state index in [2.05, 4.69) is 23.2 Å². The van der Waals surface area contributed by atoms with Crippen molar-refractivity contribution in [3.8, 4) is 5.75 Å². The molecule has 1 aromatic carbocycles. The first-order valence-electron chi connectivity index (χ1n) is 6.69. The lowest BCUT2D eigenvalue weighted by molar-refractivity contribution is 0.340. The van der Waals surface area contributed by atoms with E-state index >= 15 is 0 Å². The second-order valence-corrected chi connectivity index (χ2v) is 4.39. The summed E-state index contributed by atoms with van der Waals surface area (Å²) in [5.41, 5.74) is 8.03. The largest absolute Gasteiger partial charge is 0.494 e. The Morgan fingerprint density at radius 2 is 1.95 bits per heavy atom. The molecule has 3 nitrogen and oxygen atoms in total. The first-order chi connectivity index (χ1) is 9.35. The minimum Gasteiger partial charge on any atom is -0.494 e. The summed E-state index contributed by atoms with van der Waals surface area (Å²) in [5, 5.41) is 0. The van der Waals surface area contributed by atoms with Gasteiger partial charge in [0.2, 0.25) is 0 Å². The Hall–Kier alpha value is -1.87. The Bertz CT molecular complexity index is 482. The van der Waals surface area contributed by atoms with E-state index in [9.17, 15) is 0 Å². The fourth-order valence-electron chi connectivity index (χ4n) is 2.20. The molecule has 1 unspecified atom stereocenters. The van der Waals surface area contributed by atoms with Gasteiger partial charge in [-0.3, -0.25) is 4.98 Å². The van der Waals surface area contributed by atoms with Crippen molar-refractivity contribution < 1.29 is 4.74 Å². The molecule has 0 fully saturated rings. The molecule has 0 spiro atoms. The highest BCUT2D eigenvalue weighted by molar-refractivity contribution is 5.33. The molecule has 2 rings (SSSR count). The highest BCUT2D eigenvalue weighted by Gasteiger charge is 2.14. The van der Waals surface area contributed by atoms with Crippen LogP contribution in [0.3, 0.4) is 0 Å². The average molecular weight is 256 g/mol. The highest BCUT2D eigenvalue weighted by Crippen LogP contribution is 2.27. The van der Waals surface area contributed by atoms with Gasteiger partial charge in [0.05, 0.1) is 6.61 Å². The molecule has 2 aromatic rings. The molecule has 19 heavy (non-hydrogen) atoms. The van der Waals surface area contributed by atoms with Crippen molar-refractivity contribution in [2.24, 2.45) is 5.73 Å². The van der Waals surface area contributed by atoms with Crippen LogP contribution in [0.5, 0.6) is 5.75 Å². The number of nitrogens with zero attached hydrogens (tertiary/aromatic N) is 1. The summed E-state index contributed by atoms with van der Waals surface area (Å²) < 4.78 is 5.47. The molecule has 3 heteroatoms. The molecule has 0 aliphatic heterocycles. The third-order valence-corrected chi connectivity index (χ3v) is 3.09. The summed E-state index contributed by atoms with van der Waals surface area (Å²) in [6.45, 7) is 3.32. The van der Waals surface area contributed by atoms with Crippen molar-refractivity contribution in [3.63, 3.8) is 0 Å². The normalized spacial score (nSPS) is 12.1. The molecule has 1 heterocycles.